The number of fused-ring (bicyclic) bond motifs is 3. The Bertz CT molecular complexity index is 1910. The zero-order valence-corrected chi connectivity index (χ0v) is 21.5. The highest BCUT2D eigenvalue weighted by Crippen LogP contribution is 2.40. The molecule has 0 aromatic heterocycles. The van der Waals surface area contributed by atoms with E-state index in [2.05, 4.69) is 169 Å². The summed E-state index contributed by atoms with van der Waals surface area (Å²) < 4.78 is 0. The predicted molar refractivity (Wildman–Crippen MR) is 167 cm³/mol. The predicted octanol–water partition coefficient (Wildman–Crippen LogP) is 10.8. The summed E-state index contributed by atoms with van der Waals surface area (Å²) in [7, 11) is 0. The maximum atomic E-state index is 2.35. The van der Waals surface area contributed by atoms with E-state index in [4.69, 9.17) is 0 Å². The number of hydrogen-bond acceptors (Lipinski definition) is 1. The number of anilines is 3. The normalized spacial score (nSPS) is 11.1. The fourth-order valence-electron chi connectivity index (χ4n) is 5.59. The smallest absolute Gasteiger partial charge is 0.0467 e. The zero-order valence-electron chi connectivity index (χ0n) is 21.5. The highest BCUT2D eigenvalue weighted by atomic mass is 15.1. The molecule has 0 bridgehead atoms. The second-order valence-electron chi connectivity index (χ2n) is 9.83. The molecule has 1 heteroatoms. The lowest BCUT2D eigenvalue weighted by Gasteiger charge is -2.26. The second-order valence-corrected chi connectivity index (χ2v) is 9.83. The first-order valence-corrected chi connectivity index (χ1v) is 13.4. The van der Waals surface area contributed by atoms with Crippen LogP contribution >= 0.6 is 0 Å². The average molecular weight is 498 g/mol. The summed E-state index contributed by atoms with van der Waals surface area (Å²) >= 11 is 0. The van der Waals surface area contributed by atoms with Gasteiger partial charge < -0.3 is 4.90 Å². The topological polar surface area (TPSA) is 3.24 Å². The zero-order chi connectivity index (χ0) is 26.0. The van der Waals surface area contributed by atoms with E-state index in [0.717, 1.165) is 17.1 Å². The van der Waals surface area contributed by atoms with Crippen LogP contribution in [0.15, 0.2) is 164 Å². The molecule has 0 fully saturated rings. The fraction of sp³-hybridized carbons (Fsp3) is 0. The molecule has 7 aromatic carbocycles. The van der Waals surface area contributed by atoms with Gasteiger partial charge in [0.25, 0.3) is 0 Å². The van der Waals surface area contributed by atoms with Gasteiger partial charge in [-0.1, -0.05) is 121 Å². The Morgan fingerprint density at radius 2 is 0.821 bits per heavy atom. The van der Waals surface area contributed by atoms with Crippen molar-refractivity contribution in [1.82, 2.24) is 0 Å². The molecule has 0 aliphatic carbocycles. The fourth-order valence-corrected chi connectivity index (χ4v) is 5.59. The van der Waals surface area contributed by atoms with E-state index in [0.29, 0.717) is 0 Å². The van der Waals surface area contributed by atoms with Gasteiger partial charge in [0, 0.05) is 17.1 Å². The van der Waals surface area contributed by atoms with Crippen LogP contribution in [0.25, 0.3) is 43.8 Å². The minimum absolute atomic E-state index is 1.13. The Kier molecular flexibility index (Phi) is 5.88. The van der Waals surface area contributed by atoms with Gasteiger partial charge in [0.2, 0.25) is 0 Å². The minimum Gasteiger partial charge on any atom is -0.310 e. The molecule has 0 aliphatic heterocycles. The van der Waals surface area contributed by atoms with Crippen molar-refractivity contribution in [3.8, 4) is 22.3 Å². The Morgan fingerprint density at radius 1 is 0.308 bits per heavy atom. The molecule has 0 saturated carbocycles. The van der Waals surface area contributed by atoms with Crippen molar-refractivity contribution in [2.24, 2.45) is 0 Å². The molecule has 0 atom stereocenters. The molecular weight excluding hydrogens is 470 g/mol. The van der Waals surface area contributed by atoms with E-state index in [1.54, 1.807) is 0 Å². The molecule has 0 unspecified atom stereocenters. The maximum absolute atomic E-state index is 2.35. The summed E-state index contributed by atoms with van der Waals surface area (Å²) in [5, 5.41) is 5.10. The van der Waals surface area contributed by atoms with Gasteiger partial charge in [0.1, 0.15) is 0 Å². The lowest BCUT2D eigenvalue weighted by atomic mass is 9.93. The van der Waals surface area contributed by atoms with Crippen LogP contribution in [-0.4, -0.2) is 0 Å². The molecule has 0 radical (unpaired) electrons. The highest BCUT2D eigenvalue weighted by molar-refractivity contribution is 6.13. The van der Waals surface area contributed by atoms with Crippen LogP contribution in [0.5, 0.6) is 0 Å². The van der Waals surface area contributed by atoms with Crippen LogP contribution < -0.4 is 4.90 Å². The third-order valence-electron chi connectivity index (χ3n) is 7.41. The number of rotatable bonds is 5. The molecule has 0 spiro atoms. The summed E-state index contributed by atoms with van der Waals surface area (Å²) in [6, 6.07) is 58.6. The number of nitrogens with zero attached hydrogens (tertiary/aromatic N) is 1. The Hall–Kier alpha value is -5.14. The van der Waals surface area contributed by atoms with Crippen molar-refractivity contribution in [3.05, 3.63) is 164 Å². The molecule has 0 amide bonds. The van der Waals surface area contributed by atoms with E-state index >= 15 is 0 Å². The van der Waals surface area contributed by atoms with Crippen LogP contribution in [0.2, 0.25) is 0 Å². The Balaban J connectivity index is 1.41. The van der Waals surface area contributed by atoms with Gasteiger partial charge in [0.15, 0.2) is 0 Å². The standard InChI is InChI=1S/C38H27N/c1-3-13-28(14-4-1)29-16-11-20-33(25-29)39(32-18-5-2-6-19-32)34-21-12-17-30(26-34)38-27-31-15-7-8-22-35(31)36-23-9-10-24-37(36)38/h1-27H. The van der Waals surface area contributed by atoms with Crippen LogP contribution in [0.3, 0.4) is 0 Å². The average Bonchev–Trinajstić information content (AvgIpc) is 3.02. The molecule has 0 aliphatic rings. The largest absolute Gasteiger partial charge is 0.310 e. The van der Waals surface area contributed by atoms with Crippen LogP contribution in [0, 0.1) is 0 Å². The van der Waals surface area contributed by atoms with Crippen LogP contribution in [0.1, 0.15) is 0 Å². The SMILES string of the molecule is c1ccc(-c2cccc(N(c3ccccc3)c3cccc(-c4cc5ccccc5c5ccccc45)c3)c2)cc1. The van der Waals surface area contributed by atoms with E-state index < -0.39 is 0 Å². The first kappa shape index (κ1) is 23.0. The summed E-state index contributed by atoms with van der Waals surface area (Å²) in [6.45, 7) is 0. The lowest BCUT2D eigenvalue weighted by Crippen LogP contribution is -2.10. The van der Waals surface area contributed by atoms with Gasteiger partial charge in [-0.3, -0.25) is 0 Å². The number of hydrogen-bond donors (Lipinski definition) is 0. The molecular formula is C38H27N. The van der Waals surface area contributed by atoms with Crippen molar-refractivity contribution in [1.29, 1.82) is 0 Å². The van der Waals surface area contributed by atoms with Crippen LogP contribution in [0.4, 0.5) is 17.1 Å². The third kappa shape index (κ3) is 4.35. The number of para-hydroxylation sites is 1. The molecule has 7 aromatic rings. The van der Waals surface area contributed by atoms with E-state index in [-0.39, 0.29) is 0 Å². The minimum atomic E-state index is 1.13. The molecule has 1 nitrogen and oxygen atoms in total. The molecule has 0 N–H and O–H groups in total. The second kappa shape index (κ2) is 9.96. The van der Waals surface area contributed by atoms with Crippen molar-refractivity contribution >= 4 is 38.6 Å². The van der Waals surface area contributed by atoms with Gasteiger partial charge in [-0.15, -0.1) is 0 Å². The van der Waals surface area contributed by atoms with Crippen LogP contribution in [-0.2, 0) is 0 Å². The van der Waals surface area contributed by atoms with Crippen molar-refractivity contribution in [2.75, 3.05) is 4.90 Å². The summed E-state index contributed by atoms with van der Waals surface area (Å²) in [5.74, 6) is 0. The molecule has 7 rings (SSSR count). The molecule has 0 saturated heterocycles. The van der Waals surface area contributed by atoms with E-state index in [1.807, 2.05) is 0 Å². The van der Waals surface area contributed by atoms with Crippen molar-refractivity contribution in [3.63, 3.8) is 0 Å². The van der Waals surface area contributed by atoms with E-state index in [1.165, 1.54) is 43.8 Å². The van der Waals surface area contributed by atoms with E-state index in [9.17, 15) is 0 Å². The monoisotopic (exact) mass is 497 g/mol. The van der Waals surface area contributed by atoms with Gasteiger partial charge in [-0.05, 0) is 86.3 Å². The summed E-state index contributed by atoms with van der Waals surface area (Å²) in [4.78, 5) is 2.35. The third-order valence-corrected chi connectivity index (χ3v) is 7.41. The molecule has 184 valence electrons. The Labute approximate surface area is 229 Å². The molecule has 39 heavy (non-hydrogen) atoms. The molecule has 0 heterocycles. The maximum Gasteiger partial charge on any atom is 0.0467 e. The first-order chi connectivity index (χ1) is 19.3. The van der Waals surface area contributed by atoms with Crippen molar-refractivity contribution in [2.45, 2.75) is 0 Å². The quantitative estimate of drug-likeness (QED) is 0.214. The Morgan fingerprint density at radius 3 is 1.56 bits per heavy atom. The number of benzene rings is 7. The van der Waals surface area contributed by atoms with Crippen molar-refractivity contribution < 1.29 is 0 Å². The summed E-state index contributed by atoms with van der Waals surface area (Å²) in [6.07, 6.45) is 0. The van der Waals surface area contributed by atoms with Gasteiger partial charge in [0.05, 0.1) is 0 Å². The highest BCUT2D eigenvalue weighted by Gasteiger charge is 2.15. The van der Waals surface area contributed by atoms with Gasteiger partial charge in [-0.2, -0.15) is 0 Å². The first-order valence-electron chi connectivity index (χ1n) is 13.4. The van der Waals surface area contributed by atoms with Gasteiger partial charge >= 0.3 is 0 Å². The summed E-state index contributed by atoms with van der Waals surface area (Å²) in [5.41, 5.74) is 8.24. The lowest BCUT2D eigenvalue weighted by molar-refractivity contribution is 1.28. The van der Waals surface area contributed by atoms with Gasteiger partial charge in [-0.25, -0.2) is 0 Å².